The first-order valence-electron chi connectivity index (χ1n) is 5.86. The molecule has 17 heavy (non-hydrogen) atoms. The van der Waals surface area contributed by atoms with Crippen molar-refractivity contribution in [1.29, 1.82) is 0 Å². The number of nitrogens with two attached hydrogens (primary N) is 1. The lowest BCUT2D eigenvalue weighted by molar-refractivity contribution is 0.386. The highest BCUT2D eigenvalue weighted by Crippen LogP contribution is 2.40. The van der Waals surface area contributed by atoms with Gasteiger partial charge < -0.3 is 10.5 Å². The van der Waals surface area contributed by atoms with Crippen LogP contribution in [0, 0.1) is 6.92 Å². The minimum absolute atomic E-state index is 0.351. The molecule has 2 N–H and O–H groups in total. The molecule has 0 aliphatic carbocycles. The summed E-state index contributed by atoms with van der Waals surface area (Å²) in [5.74, 6) is 1.22. The van der Waals surface area contributed by atoms with Gasteiger partial charge in [0, 0.05) is 16.1 Å². The summed E-state index contributed by atoms with van der Waals surface area (Å²) in [5, 5.41) is 0.753. The van der Waals surface area contributed by atoms with Crippen molar-refractivity contribution >= 4 is 11.6 Å². The minimum Gasteiger partial charge on any atom is -0.496 e. The molecule has 0 aliphatic rings. The maximum Gasteiger partial charge on any atom is 0.127 e. The minimum atomic E-state index is -0.468. The molecule has 0 aromatic heterocycles. The molecule has 0 amide bonds. The number of rotatable bonds is 3. The molecule has 0 heterocycles. The van der Waals surface area contributed by atoms with E-state index in [2.05, 4.69) is 13.8 Å². The molecule has 0 spiro atoms. The first-order valence-corrected chi connectivity index (χ1v) is 6.24. The fourth-order valence-electron chi connectivity index (χ4n) is 2.17. The fourth-order valence-corrected chi connectivity index (χ4v) is 2.38. The van der Waals surface area contributed by atoms with Gasteiger partial charge in [-0.1, -0.05) is 25.4 Å². The van der Waals surface area contributed by atoms with Crippen LogP contribution in [0.5, 0.6) is 5.75 Å². The van der Waals surface area contributed by atoms with E-state index in [1.807, 2.05) is 26.8 Å². The lowest BCUT2D eigenvalue weighted by Gasteiger charge is -2.28. The summed E-state index contributed by atoms with van der Waals surface area (Å²) in [4.78, 5) is 0. The standard InChI is InChI=1S/C14H22ClNO/c1-8(2)10-7-11(15)9(3)12(13(10)17-6)14(4,5)16/h7-8H,16H2,1-6H3. The molecule has 0 bridgehead atoms. The summed E-state index contributed by atoms with van der Waals surface area (Å²) in [6, 6.07) is 1.98. The van der Waals surface area contributed by atoms with Gasteiger partial charge in [0.25, 0.3) is 0 Å². The molecule has 0 atom stereocenters. The van der Waals surface area contributed by atoms with Crippen LogP contribution in [0.15, 0.2) is 6.07 Å². The van der Waals surface area contributed by atoms with Gasteiger partial charge in [0.05, 0.1) is 7.11 Å². The Morgan fingerprint density at radius 1 is 1.35 bits per heavy atom. The number of hydrogen-bond acceptors (Lipinski definition) is 2. The molecule has 1 aromatic rings. The second kappa shape index (κ2) is 4.87. The number of halogens is 1. The van der Waals surface area contributed by atoms with Crippen LogP contribution in [0.4, 0.5) is 0 Å². The normalized spacial score (nSPS) is 12.1. The predicted octanol–water partition coefficient (Wildman–Crippen LogP) is 3.97. The second-order valence-corrected chi connectivity index (χ2v) is 5.76. The largest absolute Gasteiger partial charge is 0.496 e. The third-order valence-electron chi connectivity index (χ3n) is 2.98. The Hall–Kier alpha value is -0.730. The zero-order valence-corrected chi connectivity index (χ0v) is 12.3. The van der Waals surface area contributed by atoms with E-state index in [-0.39, 0.29) is 0 Å². The zero-order chi connectivity index (χ0) is 13.4. The molecule has 0 fully saturated rings. The summed E-state index contributed by atoms with van der Waals surface area (Å²) in [6.07, 6.45) is 0. The van der Waals surface area contributed by atoms with E-state index in [0.29, 0.717) is 5.92 Å². The lowest BCUT2D eigenvalue weighted by atomic mass is 9.86. The molecule has 96 valence electrons. The topological polar surface area (TPSA) is 35.2 Å². The molecular formula is C14H22ClNO. The van der Waals surface area contributed by atoms with E-state index in [4.69, 9.17) is 22.1 Å². The summed E-state index contributed by atoms with van der Waals surface area (Å²) in [6.45, 7) is 10.2. The molecule has 3 heteroatoms. The maximum atomic E-state index is 6.29. The Bertz CT molecular complexity index is 419. The average molecular weight is 256 g/mol. The molecule has 0 aliphatic heterocycles. The molecular weight excluding hydrogens is 234 g/mol. The van der Waals surface area contributed by atoms with Gasteiger partial charge >= 0.3 is 0 Å². The summed E-state index contributed by atoms with van der Waals surface area (Å²) in [5.41, 5.74) is 8.87. The van der Waals surface area contributed by atoms with Gasteiger partial charge in [-0.05, 0) is 43.9 Å². The highest BCUT2D eigenvalue weighted by molar-refractivity contribution is 6.31. The number of ether oxygens (including phenoxy) is 1. The van der Waals surface area contributed by atoms with Gasteiger partial charge in [0.1, 0.15) is 5.75 Å². The van der Waals surface area contributed by atoms with Crippen molar-refractivity contribution in [3.8, 4) is 5.75 Å². The van der Waals surface area contributed by atoms with E-state index in [1.54, 1.807) is 7.11 Å². The van der Waals surface area contributed by atoms with Crippen molar-refractivity contribution in [3.05, 3.63) is 27.8 Å². The van der Waals surface area contributed by atoms with E-state index in [1.165, 1.54) is 0 Å². The Morgan fingerprint density at radius 3 is 2.24 bits per heavy atom. The molecule has 1 aromatic carbocycles. The second-order valence-electron chi connectivity index (χ2n) is 5.36. The smallest absolute Gasteiger partial charge is 0.127 e. The first-order chi connectivity index (χ1) is 7.70. The van der Waals surface area contributed by atoms with Crippen LogP contribution < -0.4 is 10.5 Å². The van der Waals surface area contributed by atoms with Crippen LogP contribution in [0.1, 0.15) is 50.3 Å². The van der Waals surface area contributed by atoms with E-state index in [9.17, 15) is 0 Å². The van der Waals surface area contributed by atoms with Crippen molar-refractivity contribution in [2.45, 2.75) is 46.1 Å². The van der Waals surface area contributed by atoms with Crippen molar-refractivity contribution < 1.29 is 4.74 Å². The number of hydrogen-bond donors (Lipinski definition) is 1. The highest BCUT2D eigenvalue weighted by Gasteiger charge is 2.26. The monoisotopic (exact) mass is 255 g/mol. The predicted molar refractivity (Wildman–Crippen MR) is 74.0 cm³/mol. The fraction of sp³-hybridized carbons (Fsp3) is 0.571. The van der Waals surface area contributed by atoms with Crippen LogP contribution in [0.25, 0.3) is 0 Å². The van der Waals surface area contributed by atoms with E-state index >= 15 is 0 Å². The molecule has 0 saturated heterocycles. The van der Waals surface area contributed by atoms with Crippen molar-refractivity contribution in [1.82, 2.24) is 0 Å². The quantitative estimate of drug-likeness (QED) is 0.887. The van der Waals surface area contributed by atoms with Crippen molar-refractivity contribution in [2.75, 3.05) is 7.11 Å². The first kappa shape index (κ1) is 14.3. The zero-order valence-electron chi connectivity index (χ0n) is 11.5. The third-order valence-corrected chi connectivity index (χ3v) is 3.37. The Kier molecular flexibility index (Phi) is 4.11. The van der Waals surface area contributed by atoms with Gasteiger partial charge in [-0.3, -0.25) is 0 Å². The molecule has 2 nitrogen and oxygen atoms in total. The number of methoxy groups -OCH3 is 1. The van der Waals surface area contributed by atoms with Crippen LogP contribution in [-0.2, 0) is 5.54 Å². The van der Waals surface area contributed by atoms with Crippen LogP contribution in [0.2, 0.25) is 5.02 Å². The average Bonchev–Trinajstić information content (AvgIpc) is 2.18. The SMILES string of the molecule is COc1c(C(C)C)cc(Cl)c(C)c1C(C)(C)N. The van der Waals surface area contributed by atoms with Gasteiger partial charge in [-0.2, -0.15) is 0 Å². The summed E-state index contributed by atoms with van der Waals surface area (Å²) in [7, 11) is 1.68. The molecule has 0 radical (unpaired) electrons. The van der Waals surface area contributed by atoms with Gasteiger partial charge in [-0.15, -0.1) is 0 Å². The molecule has 0 saturated carbocycles. The van der Waals surface area contributed by atoms with Crippen LogP contribution in [-0.4, -0.2) is 7.11 Å². The van der Waals surface area contributed by atoms with Gasteiger partial charge in [0.2, 0.25) is 0 Å². The van der Waals surface area contributed by atoms with Gasteiger partial charge in [-0.25, -0.2) is 0 Å². The Balaban J connectivity index is 3.66. The van der Waals surface area contributed by atoms with E-state index in [0.717, 1.165) is 27.5 Å². The highest BCUT2D eigenvalue weighted by atomic mass is 35.5. The molecule has 1 rings (SSSR count). The Morgan fingerprint density at radius 2 is 1.88 bits per heavy atom. The van der Waals surface area contributed by atoms with Crippen LogP contribution >= 0.6 is 11.6 Å². The van der Waals surface area contributed by atoms with E-state index < -0.39 is 5.54 Å². The van der Waals surface area contributed by atoms with Gasteiger partial charge in [0.15, 0.2) is 0 Å². The number of benzene rings is 1. The molecule has 0 unspecified atom stereocenters. The van der Waals surface area contributed by atoms with Crippen molar-refractivity contribution in [3.63, 3.8) is 0 Å². The summed E-state index contributed by atoms with van der Waals surface area (Å²) >= 11 is 6.29. The maximum absolute atomic E-state index is 6.29. The van der Waals surface area contributed by atoms with Crippen LogP contribution in [0.3, 0.4) is 0 Å². The third kappa shape index (κ3) is 2.75. The summed E-state index contributed by atoms with van der Waals surface area (Å²) < 4.78 is 5.56. The Labute approximate surface area is 109 Å². The lowest BCUT2D eigenvalue weighted by Crippen LogP contribution is -2.30. The van der Waals surface area contributed by atoms with Crippen molar-refractivity contribution in [2.24, 2.45) is 5.73 Å².